The van der Waals surface area contributed by atoms with Gasteiger partial charge < -0.3 is 15.4 Å². The van der Waals surface area contributed by atoms with Gasteiger partial charge in [0.2, 0.25) is 0 Å². The Morgan fingerprint density at radius 3 is 2.78 bits per heavy atom. The van der Waals surface area contributed by atoms with E-state index in [1.54, 1.807) is 0 Å². The van der Waals surface area contributed by atoms with Gasteiger partial charge in [0, 0.05) is 13.7 Å². The van der Waals surface area contributed by atoms with E-state index in [2.05, 4.69) is 18.7 Å². The molecule has 0 aliphatic carbocycles. The summed E-state index contributed by atoms with van der Waals surface area (Å²) in [5.41, 5.74) is 6.08. The first kappa shape index (κ1) is 15.9. The second-order valence-electron chi connectivity index (χ2n) is 6.59. The highest BCUT2D eigenvalue weighted by Crippen LogP contribution is 2.22. The molecule has 1 rings (SSSR count). The van der Waals surface area contributed by atoms with Crippen LogP contribution in [0, 0.1) is 11.3 Å². The largest absolute Gasteiger partial charge is 0.384 e. The van der Waals surface area contributed by atoms with Crippen LogP contribution in [0.1, 0.15) is 46.0 Å². The SMILES string of the molecule is COCC1CCCN(CCCCC(C)(C)CN)C1. The molecule has 0 amide bonds. The molecule has 0 saturated carbocycles. The Kier molecular flexibility index (Phi) is 7.20. The number of hydrogen-bond acceptors (Lipinski definition) is 3. The maximum atomic E-state index is 5.76. The third-order valence-corrected chi connectivity index (χ3v) is 4.14. The van der Waals surface area contributed by atoms with E-state index in [0.29, 0.717) is 5.41 Å². The van der Waals surface area contributed by atoms with Crippen molar-refractivity contribution in [2.75, 3.05) is 39.9 Å². The zero-order chi connectivity index (χ0) is 13.4. The molecule has 1 unspecified atom stereocenters. The van der Waals surface area contributed by atoms with Gasteiger partial charge >= 0.3 is 0 Å². The van der Waals surface area contributed by atoms with E-state index >= 15 is 0 Å². The second-order valence-corrected chi connectivity index (χ2v) is 6.59. The Balaban J connectivity index is 2.11. The molecule has 0 aromatic heterocycles. The molecule has 0 aromatic rings. The van der Waals surface area contributed by atoms with Gasteiger partial charge in [0.1, 0.15) is 0 Å². The van der Waals surface area contributed by atoms with E-state index in [4.69, 9.17) is 10.5 Å². The summed E-state index contributed by atoms with van der Waals surface area (Å²) in [5, 5.41) is 0. The third-order valence-electron chi connectivity index (χ3n) is 4.14. The van der Waals surface area contributed by atoms with Crippen LogP contribution < -0.4 is 5.73 Å². The van der Waals surface area contributed by atoms with Crippen LogP contribution in [-0.4, -0.2) is 44.8 Å². The van der Waals surface area contributed by atoms with E-state index in [1.807, 2.05) is 7.11 Å². The van der Waals surface area contributed by atoms with E-state index in [1.165, 1.54) is 51.7 Å². The molecular formula is C15H32N2O. The lowest BCUT2D eigenvalue weighted by molar-refractivity contribution is 0.0894. The van der Waals surface area contributed by atoms with E-state index in [0.717, 1.165) is 19.1 Å². The molecule has 3 nitrogen and oxygen atoms in total. The molecule has 1 fully saturated rings. The number of piperidine rings is 1. The van der Waals surface area contributed by atoms with Crippen molar-refractivity contribution in [3.05, 3.63) is 0 Å². The zero-order valence-electron chi connectivity index (χ0n) is 12.6. The molecule has 1 heterocycles. The fourth-order valence-corrected chi connectivity index (χ4v) is 2.77. The van der Waals surface area contributed by atoms with Gasteiger partial charge in [-0.25, -0.2) is 0 Å². The monoisotopic (exact) mass is 256 g/mol. The highest BCUT2D eigenvalue weighted by molar-refractivity contribution is 4.74. The van der Waals surface area contributed by atoms with Gasteiger partial charge in [-0.3, -0.25) is 0 Å². The molecular weight excluding hydrogens is 224 g/mol. The molecule has 3 heteroatoms. The van der Waals surface area contributed by atoms with Crippen molar-refractivity contribution in [1.29, 1.82) is 0 Å². The van der Waals surface area contributed by atoms with Gasteiger partial charge in [-0.05, 0) is 56.7 Å². The van der Waals surface area contributed by atoms with Gasteiger partial charge in [0.25, 0.3) is 0 Å². The van der Waals surface area contributed by atoms with Crippen molar-refractivity contribution in [3.63, 3.8) is 0 Å². The molecule has 0 spiro atoms. The number of unbranched alkanes of at least 4 members (excludes halogenated alkanes) is 1. The zero-order valence-corrected chi connectivity index (χ0v) is 12.6. The number of ether oxygens (including phenoxy) is 1. The average molecular weight is 256 g/mol. The third kappa shape index (κ3) is 6.17. The number of rotatable bonds is 8. The summed E-state index contributed by atoms with van der Waals surface area (Å²) in [6.07, 6.45) is 6.53. The molecule has 0 aromatic carbocycles. The predicted molar refractivity (Wildman–Crippen MR) is 77.7 cm³/mol. The first-order valence-corrected chi connectivity index (χ1v) is 7.49. The Morgan fingerprint density at radius 2 is 2.11 bits per heavy atom. The average Bonchev–Trinajstić information content (AvgIpc) is 2.36. The number of nitrogens with two attached hydrogens (primary N) is 1. The van der Waals surface area contributed by atoms with Crippen LogP contribution in [0.25, 0.3) is 0 Å². The molecule has 1 saturated heterocycles. The Morgan fingerprint density at radius 1 is 1.33 bits per heavy atom. The maximum Gasteiger partial charge on any atom is 0.0502 e. The molecule has 108 valence electrons. The number of methoxy groups -OCH3 is 1. The first-order chi connectivity index (χ1) is 8.57. The summed E-state index contributed by atoms with van der Waals surface area (Å²) in [7, 11) is 1.81. The van der Waals surface area contributed by atoms with Crippen molar-refractivity contribution in [2.24, 2.45) is 17.1 Å². The van der Waals surface area contributed by atoms with Gasteiger partial charge in [0.15, 0.2) is 0 Å². The van der Waals surface area contributed by atoms with Gasteiger partial charge in [0.05, 0.1) is 6.61 Å². The lowest BCUT2D eigenvalue weighted by Gasteiger charge is -2.32. The van der Waals surface area contributed by atoms with Crippen LogP contribution in [0.2, 0.25) is 0 Å². The van der Waals surface area contributed by atoms with Crippen LogP contribution in [0.5, 0.6) is 0 Å². The molecule has 0 radical (unpaired) electrons. The van der Waals surface area contributed by atoms with E-state index < -0.39 is 0 Å². The quantitative estimate of drug-likeness (QED) is 0.678. The van der Waals surface area contributed by atoms with Crippen LogP contribution in [0.3, 0.4) is 0 Å². The van der Waals surface area contributed by atoms with Crippen molar-refractivity contribution in [2.45, 2.75) is 46.0 Å². The Labute approximate surface area is 113 Å². The predicted octanol–water partition coefficient (Wildman–Crippen LogP) is 2.50. The minimum absolute atomic E-state index is 0.320. The highest BCUT2D eigenvalue weighted by Gasteiger charge is 2.20. The van der Waals surface area contributed by atoms with Crippen molar-refractivity contribution >= 4 is 0 Å². The van der Waals surface area contributed by atoms with E-state index in [9.17, 15) is 0 Å². The fourth-order valence-electron chi connectivity index (χ4n) is 2.77. The minimum Gasteiger partial charge on any atom is -0.384 e. The topological polar surface area (TPSA) is 38.5 Å². The lowest BCUT2D eigenvalue weighted by atomic mass is 9.87. The van der Waals surface area contributed by atoms with Crippen molar-refractivity contribution in [3.8, 4) is 0 Å². The number of hydrogen-bond donors (Lipinski definition) is 1. The van der Waals surface area contributed by atoms with Gasteiger partial charge in [-0.2, -0.15) is 0 Å². The fraction of sp³-hybridized carbons (Fsp3) is 1.00. The first-order valence-electron chi connectivity index (χ1n) is 7.49. The smallest absolute Gasteiger partial charge is 0.0502 e. The highest BCUT2D eigenvalue weighted by atomic mass is 16.5. The summed E-state index contributed by atoms with van der Waals surface area (Å²) in [4.78, 5) is 2.61. The lowest BCUT2D eigenvalue weighted by Crippen LogP contribution is -2.37. The Hall–Kier alpha value is -0.120. The summed E-state index contributed by atoms with van der Waals surface area (Å²) >= 11 is 0. The summed E-state index contributed by atoms with van der Waals surface area (Å²) in [5.74, 6) is 0.754. The summed E-state index contributed by atoms with van der Waals surface area (Å²) < 4.78 is 5.27. The number of likely N-dealkylation sites (tertiary alicyclic amines) is 1. The van der Waals surface area contributed by atoms with Crippen LogP contribution >= 0.6 is 0 Å². The standard InChI is InChI=1S/C15H32N2O/c1-15(2,13-16)8-4-5-9-17-10-6-7-14(11-17)12-18-3/h14H,4-13,16H2,1-3H3. The molecule has 1 aliphatic heterocycles. The van der Waals surface area contributed by atoms with Crippen LogP contribution in [0.4, 0.5) is 0 Å². The molecule has 0 bridgehead atoms. The normalized spacial score (nSPS) is 22.3. The van der Waals surface area contributed by atoms with Gasteiger partial charge in [-0.15, -0.1) is 0 Å². The van der Waals surface area contributed by atoms with Crippen molar-refractivity contribution in [1.82, 2.24) is 4.90 Å². The molecule has 1 aliphatic rings. The summed E-state index contributed by atoms with van der Waals surface area (Å²) in [6.45, 7) is 10.0. The maximum absolute atomic E-state index is 5.76. The van der Waals surface area contributed by atoms with Gasteiger partial charge in [-0.1, -0.05) is 20.3 Å². The minimum atomic E-state index is 0.320. The van der Waals surface area contributed by atoms with Crippen LogP contribution in [-0.2, 0) is 4.74 Å². The summed E-state index contributed by atoms with van der Waals surface area (Å²) in [6, 6.07) is 0. The Bertz CT molecular complexity index is 217. The van der Waals surface area contributed by atoms with Crippen LogP contribution in [0.15, 0.2) is 0 Å². The van der Waals surface area contributed by atoms with E-state index in [-0.39, 0.29) is 0 Å². The van der Waals surface area contributed by atoms with Crippen molar-refractivity contribution < 1.29 is 4.74 Å². The molecule has 2 N–H and O–H groups in total. The molecule has 1 atom stereocenters. The second kappa shape index (κ2) is 8.13. The number of nitrogens with zero attached hydrogens (tertiary/aromatic N) is 1. The molecule has 18 heavy (non-hydrogen) atoms.